The summed E-state index contributed by atoms with van der Waals surface area (Å²) in [6, 6.07) is 7.95. The second kappa shape index (κ2) is 6.06. The molecule has 2 heteroatoms. The molecule has 0 fully saturated rings. The van der Waals surface area contributed by atoms with Gasteiger partial charge in [-0.25, -0.2) is 0 Å². The van der Waals surface area contributed by atoms with E-state index in [4.69, 9.17) is 4.74 Å². The van der Waals surface area contributed by atoms with Crippen LogP contribution in [0.25, 0.3) is 0 Å². The van der Waals surface area contributed by atoms with Crippen molar-refractivity contribution < 1.29 is 4.74 Å². The van der Waals surface area contributed by atoms with Gasteiger partial charge in [-0.3, -0.25) is 0 Å². The van der Waals surface area contributed by atoms with Crippen LogP contribution in [0, 0.1) is 11.8 Å². The molecule has 0 radical (unpaired) electrons. The predicted molar refractivity (Wildman–Crippen MR) is 58.4 cm³/mol. The van der Waals surface area contributed by atoms with Crippen LogP contribution < -0.4 is 10.1 Å². The van der Waals surface area contributed by atoms with E-state index < -0.39 is 0 Å². The van der Waals surface area contributed by atoms with Crippen molar-refractivity contribution in [3.63, 3.8) is 0 Å². The molecule has 0 aliphatic rings. The predicted octanol–water partition coefficient (Wildman–Crippen LogP) is 1.46. The van der Waals surface area contributed by atoms with E-state index >= 15 is 0 Å². The third-order valence-electron chi connectivity index (χ3n) is 1.86. The van der Waals surface area contributed by atoms with Crippen molar-refractivity contribution in [1.29, 1.82) is 0 Å². The van der Waals surface area contributed by atoms with Crippen molar-refractivity contribution in [1.82, 2.24) is 5.32 Å². The maximum absolute atomic E-state index is 5.22. The molecule has 1 aromatic rings. The van der Waals surface area contributed by atoms with Gasteiger partial charge in [0.1, 0.15) is 5.75 Å². The van der Waals surface area contributed by atoms with Crippen LogP contribution in [0.5, 0.6) is 5.75 Å². The van der Waals surface area contributed by atoms with Gasteiger partial charge in [-0.05, 0) is 13.1 Å². The molecule has 0 aromatic heterocycles. The van der Waals surface area contributed by atoms with E-state index in [9.17, 15) is 0 Å². The van der Waals surface area contributed by atoms with Gasteiger partial charge in [0, 0.05) is 12.0 Å². The van der Waals surface area contributed by atoms with Gasteiger partial charge in [0.2, 0.25) is 0 Å². The number of nitrogens with one attached hydrogen (secondary N) is 1. The molecular weight excluding hydrogens is 174 g/mol. The SMILES string of the molecule is CNCC#CCc1ccccc1OC. The van der Waals surface area contributed by atoms with Gasteiger partial charge in [-0.1, -0.05) is 30.0 Å². The Bertz CT molecular complexity index is 336. The van der Waals surface area contributed by atoms with Crippen LogP contribution in [-0.2, 0) is 6.42 Å². The molecular formula is C12H15NO. The third-order valence-corrected chi connectivity index (χ3v) is 1.86. The lowest BCUT2D eigenvalue weighted by molar-refractivity contribution is 0.411. The topological polar surface area (TPSA) is 21.3 Å². The van der Waals surface area contributed by atoms with Crippen molar-refractivity contribution in [2.75, 3.05) is 20.7 Å². The Hall–Kier alpha value is -1.46. The summed E-state index contributed by atoms with van der Waals surface area (Å²) in [5.74, 6) is 7.01. The molecule has 0 bridgehead atoms. The van der Waals surface area contributed by atoms with Crippen LogP contribution in [-0.4, -0.2) is 20.7 Å². The Kier molecular flexibility index (Phi) is 4.60. The summed E-state index contributed by atoms with van der Waals surface area (Å²) in [4.78, 5) is 0. The summed E-state index contributed by atoms with van der Waals surface area (Å²) >= 11 is 0. The van der Waals surface area contributed by atoms with Crippen molar-refractivity contribution in [3.8, 4) is 17.6 Å². The van der Waals surface area contributed by atoms with Crippen LogP contribution in [0.15, 0.2) is 24.3 Å². The molecule has 0 aliphatic carbocycles. The molecule has 74 valence electrons. The number of methoxy groups -OCH3 is 1. The first kappa shape index (κ1) is 10.6. The lowest BCUT2D eigenvalue weighted by Gasteiger charge is -2.03. The molecule has 2 nitrogen and oxygen atoms in total. The highest BCUT2D eigenvalue weighted by Crippen LogP contribution is 2.16. The Balaban J connectivity index is 2.63. The average Bonchev–Trinajstić information content (AvgIpc) is 2.25. The van der Waals surface area contributed by atoms with E-state index in [2.05, 4.69) is 17.2 Å². The number of hydrogen-bond acceptors (Lipinski definition) is 2. The van der Waals surface area contributed by atoms with Gasteiger partial charge < -0.3 is 10.1 Å². The summed E-state index contributed by atoms with van der Waals surface area (Å²) < 4.78 is 5.22. The van der Waals surface area contributed by atoms with E-state index in [1.807, 2.05) is 31.3 Å². The first-order chi connectivity index (χ1) is 6.88. The summed E-state index contributed by atoms with van der Waals surface area (Å²) in [5.41, 5.74) is 1.14. The molecule has 0 aliphatic heterocycles. The van der Waals surface area contributed by atoms with E-state index in [0.717, 1.165) is 24.3 Å². The summed E-state index contributed by atoms with van der Waals surface area (Å²) in [6.07, 6.45) is 0.742. The minimum Gasteiger partial charge on any atom is -0.496 e. The maximum Gasteiger partial charge on any atom is 0.123 e. The molecule has 14 heavy (non-hydrogen) atoms. The zero-order chi connectivity index (χ0) is 10.2. The lowest BCUT2D eigenvalue weighted by Crippen LogP contribution is -2.04. The van der Waals surface area contributed by atoms with Crippen molar-refractivity contribution in [2.45, 2.75) is 6.42 Å². The highest BCUT2D eigenvalue weighted by Gasteiger charge is 1.97. The third kappa shape index (κ3) is 3.12. The van der Waals surface area contributed by atoms with E-state index in [-0.39, 0.29) is 0 Å². The fraction of sp³-hybridized carbons (Fsp3) is 0.333. The quantitative estimate of drug-likeness (QED) is 0.727. The molecule has 1 aromatic carbocycles. The first-order valence-corrected chi connectivity index (χ1v) is 4.60. The standard InChI is InChI=1S/C12H15NO/c1-13-10-6-5-8-11-7-3-4-9-12(11)14-2/h3-4,7,9,13H,8,10H2,1-2H3. The number of para-hydroxylation sites is 1. The molecule has 0 saturated heterocycles. The van der Waals surface area contributed by atoms with Crippen molar-refractivity contribution in [3.05, 3.63) is 29.8 Å². The highest BCUT2D eigenvalue weighted by atomic mass is 16.5. The number of benzene rings is 1. The summed E-state index contributed by atoms with van der Waals surface area (Å²) in [5, 5.41) is 2.98. The van der Waals surface area contributed by atoms with Crippen molar-refractivity contribution in [2.24, 2.45) is 0 Å². The summed E-state index contributed by atoms with van der Waals surface area (Å²) in [6.45, 7) is 0.731. The van der Waals surface area contributed by atoms with E-state index in [1.54, 1.807) is 7.11 Å². The van der Waals surface area contributed by atoms with E-state index in [0.29, 0.717) is 0 Å². The van der Waals surface area contributed by atoms with Gasteiger partial charge in [0.05, 0.1) is 13.7 Å². The van der Waals surface area contributed by atoms with Crippen LogP contribution in [0.4, 0.5) is 0 Å². The van der Waals surface area contributed by atoms with E-state index in [1.165, 1.54) is 0 Å². The molecule has 0 spiro atoms. The maximum atomic E-state index is 5.22. The minimum atomic E-state index is 0.731. The van der Waals surface area contributed by atoms with Crippen LogP contribution in [0.3, 0.4) is 0 Å². The average molecular weight is 189 g/mol. The molecule has 0 heterocycles. The minimum absolute atomic E-state index is 0.731. The Labute approximate surface area is 85.3 Å². The van der Waals surface area contributed by atoms with Crippen molar-refractivity contribution >= 4 is 0 Å². The number of hydrogen-bond donors (Lipinski definition) is 1. The Morgan fingerprint density at radius 2 is 2.07 bits per heavy atom. The molecule has 1 rings (SSSR count). The monoisotopic (exact) mass is 189 g/mol. The van der Waals surface area contributed by atoms with Crippen LogP contribution in [0.1, 0.15) is 5.56 Å². The van der Waals surface area contributed by atoms with Gasteiger partial charge in [-0.15, -0.1) is 0 Å². The van der Waals surface area contributed by atoms with Gasteiger partial charge in [0.25, 0.3) is 0 Å². The molecule has 0 saturated carbocycles. The Morgan fingerprint density at radius 1 is 1.29 bits per heavy atom. The second-order valence-electron chi connectivity index (χ2n) is 2.87. The van der Waals surface area contributed by atoms with Crippen LogP contribution in [0.2, 0.25) is 0 Å². The molecule has 0 atom stereocenters. The van der Waals surface area contributed by atoms with Gasteiger partial charge in [-0.2, -0.15) is 0 Å². The fourth-order valence-electron chi connectivity index (χ4n) is 1.16. The smallest absolute Gasteiger partial charge is 0.123 e. The largest absolute Gasteiger partial charge is 0.496 e. The van der Waals surface area contributed by atoms with Gasteiger partial charge >= 0.3 is 0 Å². The van der Waals surface area contributed by atoms with Crippen LogP contribution >= 0.6 is 0 Å². The first-order valence-electron chi connectivity index (χ1n) is 4.60. The molecule has 0 amide bonds. The lowest BCUT2D eigenvalue weighted by atomic mass is 10.1. The zero-order valence-electron chi connectivity index (χ0n) is 8.63. The number of rotatable bonds is 3. The fourth-order valence-corrected chi connectivity index (χ4v) is 1.16. The second-order valence-corrected chi connectivity index (χ2v) is 2.87. The summed E-state index contributed by atoms with van der Waals surface area (Å²) in [7, 11) is 3.57. The highest BCUT2D eigenvalue weighted by molar-refractivity contribution is 5.35. The van der Waals surface area contributed by atoms with Gasteiger partial charge in [0.15, 0.2) is 0 Å². The normalized spacial score (nSPS) is 9.00. The molecule has 1 N–H and O–H groups in total. The zero-order valence-corrected chi connectivity index (χ0v) is 8.63. The molecule has 0 unspecified atom stereocenters. The number of ether oxygens (including phenoxy) is 1. The Morgan fingerprint density at radius 3 is 2.79 bits per heavy atom.